The Morgan fingerprint density at radius 2 is 1.95 bits per heavy atom. The Kier molecular flexibility index (Phi) is 4.34. The lowest BCUT2D eigenvalue weighted by Crippen LogP contribution is -2.32. The van der Waals surface area contributed by atoms with Gasteiger partial charge in [-0.25, -0.2) is 13.6 Å². The molecule has 1 unspecified atom stereocenters. The highest BCUT2D eigenvalue weighted by atomic mass is 32.2. The fourth-order valence-corrected chi connectivity index (χ4v) is 2.82. The molecule has 1 atom stereocenters. The molecule has 10 heteroatoms. The van der Waals surface area contributed by atoms with E-state index in [4.69, 9.17) is 5.14 Å². The quantitative estimate of drug-likeness (QED) is 0.888. The summed E-state index contributed by atoms with van der Waals surface area (Å²) in [6, 6.07) is 5.62. The van der Waals surface area contributed by atoms with Gasteiger partial charge in [0.05, 0.1) is 5.69 Å². The van der Waals surface area contributed by atoms with Gasteiger partial charge in [0.2, 0.25) is 15.9 Å². The number of ether oxygens (including phenoxy) is 1. The number of hydrogen-bond acceptors (Lipinski definition) is 4. The number of carbonyl (C=O) groups is 1. The summed E-state index contributed by atoms with van der Waals surface area (Å²) in [7, 11) is -3.91. The summed E-state index contributed by atoms with van der Waals surface area (Å²) < 4.78 is 64.0. The van der Waals surface area contributed by atoms with Gasteiger partial charge >= 0.3 is 6.18 Å². The SMILES string of the molecule is NS(=O)(=O)C1CC(=O)N(c2ccccc2OCC(F)(F)F)C1. The van der Waals surface area contributed by atoms with E-state index in [1.165, 1.54) is 24.3 Å². The Balaban J connectivity index is 2.24. The maximum absolute atomic E-state index is 12.2. The van der Waals surface area contributed by atoms with Gasteiger partial charge in [0.15, 0.2) is 6.61 Å². The van der Waals surface area contributed by atoms with Crippen molar-refractivity contribution < 1.29 is 31.1 Å². The van der Waals surface area contributed by atoms with E-state index in [9.17, 15) is 26.4 Å². The Morgan fingerprint density at radius 3 is 2.50 bits per heavy atom. The first kappa shape index (κ1) is 16.6. The molecule has 1 aromatic carbocycles. The topological polar surface area (TPSA) is 89.7 Å². The largest absolute Gasteiger partial charge is 0.482 e. The fraction of sp³-hybridized carbons (Fsp3) is 0.417. The zero-order valence-electron chi connectivity index (χ0n) is 11.2. The van der Waals surface area contributed by atoms with Crippen molar-refractivity contribution in [1.29, 1.82) is 0 Å². The average Bonchev–Trinajstić information content (AvgIpc) is 2.78. The number of sulfonamides is 1. The first-order valence-electron chi connectivity index (χ1n) is 6.18. The highest BCUT2D eigenvalue weighted by Gasteiger charge is 2.38. The van der Waals surface area contributed by atoms with E-state index in [2.05, 4.69) is 4.74 Å². The van der Waals surface area contributed by atoms with E-state index < -0.39 is 34.0 Å². The molecule has 1 aliphatic rings. The Bertz CT molecular complexity index is 675. The molecule has 2 rings (SSSR count). The van der Waals surface area contributed by atoms with Gasteiger partial charge in [-0.2, -0.15) is 13.2 Å². The number of benzene rings is 1. The molecule has 0 radical (unpaired) electrons. The van der Waals surface area contributed by atoms with Crippen LogP contribution in [0.3, 0.4) is 0 Å². The number of hydrogen-bond donors (Lipinski definition) is 1. The number of anilines is 1. The van der Waals surface area contributed by atoms with Crippen LogP contribution in [0, 0.1) is 0 Å². The van der Waals surface area contributed by atoms with E-state index >= 15 is 0 Å². The number of nitrogens with two attached hydrogens (primary N) is 1. The second-order valence-electron chi connectivity index (χ2n) is 4.79. The van der Waals surface area contributed by atoms with Crippen LogP contribution in [-0.2, 0) is 14.8 Å². The van der Waals surface area contributed by atoms with Crippen LogP contribution in [0.5, 0.6) is 5.75 Å². The Labute approximate surface area is 124 Å². The lowest BCUT2D eigenvalue weighted by molar-refractivity contribution is -0.153. The molecule has 1 aromatic rings. The van der Waals surface area contributed by atoms with Crippen LogP contribution in [0.1, 0.15) is 6.42 Å². The van der Waals surface area contributed by atoms with Gasteiger partial charge in [-0.3, -0.25) is 4.79 Å². The first-order chi connectivity index (χ1) is 10.1. The normalized spacial score (nSPS) is 19.5. The van der Waals surface area contributed by atoms with Gasteiger partial charge < -0.3 is 9.64 Å². The van der Waals surface area contributed by atoms with Gasteiger partial charge in [0.1, 0.15) is 11.0 Å². The highest BCUT2D eigenvalue weighted by molar-refractivity contribution is 7.89. The lowest BCUT2D eigenvalue weighted by Gasteiger charge is -2.20. The van der Waals surface area contributed by atoms with Crippen molar-refractivity contribution in [3.8, 4) is 5.75 Å². The van der Waals surface area contributed by atoms with E-state index in [0.717, 1.165) is 4.90 Å². The van der Waals surface area contributed by atoms with Crippen LogP contribution >= 0.6 is 0 Å². The number of alkyl halides is 3. The van der Waals surface area contributed by atoms with E-state index in [0.29, 0.717) is 0 Å². The molecule has 1 heterocycles. The smallest absolute Gasteiger partial charge is 0.422 e. The summed E-state index contributed by atoms with van der Waals surface area (Å²) in [5, 5.41) is 3.92. The van der Waals surface area contributed by atoms with Crippen LogP contribution in [0.2, 0.25) is 0 Å². The zero-order chi connectivity index (χ0) is 16.5. The zero-order valence-corrected chi connectivity index (χ0v) is 12.0. The van der Waals surface area contributed by atoms with Crippen LogP contribution in [0.15, 0.2) is 24.3 Å². The number of para-hydroxylation sites is 2. The fourth-order valence-electron chi connectivity index (χ4n) is 2.09. The molecule has 122 valence electrons. The van der Waals surface area contributed by atoms with Gasteiger partial charge in [-0.05, 0) is 12.1 Å². The second kappa shape index (κ2) is 5.76. The summed E-state index contributed by atoms with van der Waals surface area (Å²) in [5.74, 6) is -0.690. The standard InChI is InChI=1S/C12H13F3N2O4S/c13-12(14,15)7-21-10-4-2-1-3-9(10)17-6-8(5-11(17)18)22(16,19)20/h1-4,8H,5-7H2,(H2,16,19,20). The van der Waals surface area contributed by atoms with E-state index in [1.54, 1.807) is 0 Å². The van der Waals surface area contributed by atoms with Crippen molar-refractivity contribution in [3.05, 3.63) is 24.3 Å². The summed E-state index contributed by atoms with van der Waals surface area (Å²) >= 11 is 0. The molecule has 0 saturated carbocycles. The third-order valence-corrected chi connectivity index (χ3v) is 4.35. The average molecular weight is 338 g/mol. The molecule has 6 nitrogen and oxygen atoms in total. The molecule has 1 fully saturated rings. The number of rotatable bonds is 4. The van der Waals surface area contributed by atoms with Crippen LogP contribution in [-0.4, -0.2) is 38.9 Å². The van der Waals surface area contributed by atoms with Crippen LogP contribution in [0.4, 0.5) is 18.9 Å². The molecule has 22 heavy (non-hydrogen) atoms. The molecule has 1 saturated heterocycles. The first-order valence-corrected chi connectivity index (χ1v) is 7.79. The van der Waals surface area contributed by atoms with E-state index in [-0.39, 0.29) is 24.4 Å². The minimum Gasteiger partial charge on any atom is -0.482 e. The number of carbonyl (C=O) groups excluding carboxylic acids is 1. The molecule has 0 spiro atoms. The Morgan fingerprint density at radius 1 is 1.32 bits per heavy atom. The van der Waals surface area contributed by atoms with Gasteiger partial charge in [-0.1, -0.05) is 12.1 Å². The summed E-state index contributed by atoms with van der Waals surface area (Å²) in [4.78, 5) is 13.0. The Hall–Kier alpha value is -1.81. The van der Waals surface area contributed by atoms with Gasteiger partial charge in [0, 0.05) is 13.0 Å². The molecular formula is C12H13F3N2O4S. The van der Waals surface area contributed by atoms with Gasteiger partial charge in [0.25, 0.3) is 0 Å². The summed E-state index contributed by atoms with van der Waals surface area (Å²) in [6.45, 7) is -1.73. The molecule has 1 amide bonds. The minimum absolute atomic E-state index is 0.0860. The molecule has 0 aliphatic carbocycles. The van der Waals surface area contributed by atoms with Gasteiger partial charge in [-0.15, -0.1) is 0 Å². The predicted molar refractivity (Wildman–Crippen MR) is 71.9 cm³/mol. The number of nitrogens with zero attached hydrogens (tertiary/aromatic N) is 1. The monoisotopic (exact) mass is 338 g/mol. The number of primary sulfonamides is 1. The molecule has 2 N–H and O–H groups in total. The van der Waals surface area contributed by atoms with Crippen LogP contribution in [0.25, 0.3) is 0 Å². The number of halogens is 3. The van der Waals surface area contributed by atoms with Crippen molar-refractivity contribution in [2.24, 2.45) is 5.14 Å². The lowest BCUT2D eigenvalue weighted by atomic mass is 10.2. The van der Waals surface area contributed by atoms with Crippen LogP contribution < -0.4 is 14.8 Å². The molecule has 0 bridgehead atoms. The molecular weight excluding hydrogens is 325 g/mol. The van der Waals surface area contributed by atoms with Crippen molar-refractivity contribution >= 4 is 21.6 Å². The maximum atomic E-state index is 12.2. The molecule has 0 aromatic heterocycles. The minimum atomic E-state index is -4.52. The third kappa shape index (κ3) is 3.89. The number of amides is 1. The van der Waals surface area contributed by atoms with Crippen molar-refractivity contribution in [2.75, 3.05) is 18.1 Å². The predicted octanol–water partition coefficient (Wildman–Crippen LogP) is 1.02. The maximum Gasteiger partial charge on any atom is 0.422 e. The highest BCUT2D eigenvalue weighted by Crippen LogP contribution is 2.33. The van der Waals surface area contributed by atoms with Crippen molar-refractivity contribution in [2.45, 2.75) is 17.8 Å². The summed E-state index contributed by atoms with van der Waals surface area (Å²) in [6.07, 6.45) is -4.84. The third-order valence-electron chi connectivity index (χ3n) is 3.10. The van der Waals surface area contributed by atoms with Crippen molar-refractivity contribution in [1.82, 2.24) is 0 Å². The second-order valence-corrected chi connectivity index (χ2v) is 6.64. The summed E-state index contributed by atoms with van der Waals surface area (Å²) in [5.41, 5.74) is 0.0860. The molecule has 1 aliphatic heterocycles. The van der Waals surface area contributed by atoms with Crippen molar-refractivity contribution in [3.63, 3.8) is 0 Å². The van der Waals surface area contributed by atoms with E-state index in [1.807, 2.05) is 0 Å².